The zero-order valence-electron chi connectivity index (χ0n) is 9.69. The predicted octanol–water partition coefficient (Wildman–Crippen LogP) is 2.74. The number of halogens is 1. The zero-order chi connectivity index (χ0) is 12.4. The summed E-state index contributed by atoms with van der Waals surface area (Å²) in [6, 6.07) is 6.54. The number of aromatic nitrogens is 2. The molecule has 1 aliphatic rings. The first-order valence-corrected chi connectivity index (χ1v) is 7.54. The van der Waals surface area contributed by atoms with E-state index >= 15 is 0 Å². The molecule has 0 amide bonds. The first-order chi connectivity index (χ1) is 8.81. The Morgan fingerprint density at radius 2 is 2.33 bits per heavy atom. The summed E-state index contributed by atoms with van der Waals surface area (Å²) in [5.74, 6) is 0.850. The highest BCUT2D eigenvalue weighted by atomic mass is 79.9. The smallest absolute Gasteiger partial charge is 0.148 e. The van der Waals surface area contributed by atoms with E-state index in [1.54, 1.807) is 11.3 Å². The average Bonchev–Trinajstić information content (AvgIpc) is 3.02. The number of hydrogen-bond donors (Lipinski definition) is 2. The van der Waals surface area contributed by atoms with Crippen LogP contribution in [-0.4, -0.2) is 29.3 Å². The second-order valence-corrected chi connectivity index (χ2v) is 6.09. The van der Waals surface area contributed by atoms with Gasteiger partial charge >= 0.3 is 0 Å². The van der Waals surface area contributed by atoms with Crippen LogP contribution in [0.25, 0.3) is 10.6 Å². The molecule has 0 saturated carbocycles. The molecule has 3 heterocycles. The molecule has 0 radical (unpaired) electrons. The van der Waals surface area contributed by atoms with Crippen LogP contribution in [0.15, 0.2) is 28.1 Å². The lowest BCUT2D eigenvalue weighted by molar-refractivity contribution is 0.783. The molecule has 1 saturated heterocycles. The second-order valence-electron chi connectivity index (χ2n) is 4.27. The van der Waals surface area contributed by atoms with Gasteiger partial charge in [-0.2, -0.15) is 0 Å². The molecule has 0 aliphatic carbocycles. The molecule has 2 aromatic rings. The number of nitrogens with zero attached hydrogens (tertiary/aromatic N) is 2. The number of thiophene rings is 1. The Morgan fingerprint density at radius 1 is 1.39 bits per heavy atom. The van der Waals surface area contributed by atoms with Crippen LogP contribution in [-0.2, 0) is 0 Å². The Labute approximate surface area is 118 Å². The summed E-state index contributed by atoms with van der Waals surface area (Å²) in [6.45, 7) is 2.08. The van der Waals surface area contributed by atoms with Crippen molar-refractivity contribution >= 4 is 33.1 Å². The third-order valence-corrected chi connectivity index (χ3v) is 4.61. The zero-order valence-corrected chi connectivity index (χ0v) is 12.1. The van der Waals surface area contributed by atoms with Crippen LogP contribution in [0, 0.1) is 0 Å². The van der Waals surface area contributed by atoms with E-state index in [0.717, 1.165) is 40.4 Å². The van der Waals surface area contributed by atoms with Gasteiger partial charge in [0.2, 0.25) is 0 Å². The lowest BCUT2D eigenvalue weighted by Gasteiger charge is -2.11. The second kappa shape index (κ2) is 5.34. The highest BCUT2D eigenvalue weighted by molar-refractivity contribution is 9.10. The minimum atomic E-state index is 0.473. The van der Waals surface area contributed by atoms with E-state index in [0.29, 0.717) is 6.04 Å². The van der Waals surface area contributed by atoms with E-state index < -0.39 is 0 Å². The van der Waals surface area contributed by atoms with Gasteiger partial charge in [0.15, 0.2) is 0 Å². The molecule has 1 atom stereocenters. The Balaban J connectivity index is 1.72. The van der Waals surface area contributed by atoms with E-state index in [1.807, 2.05) is 17.5 Å². The van der Waals surface area contributed by atoms with Crippen LogP contribution >= 0.6 is 27.3 Å². The van der Waals surface area contributed by atoms with Crippen molar-refractivity contribution < 1.29 is 0 Å². The molecule has 0 aromatic carbocycles. The van der Waals surface area contributed by atoms with Gasteiger partial charge in [0.1, 0.15) is 11.5 Å². The summed E-state index contributed by atoms with van der Waals surface area (Å²) in [6.07, 6.45) is 1.14. The number of rotatable bonds is 3. The SMILES string of the molecule is Brc1csc(-c2ccc(NC3CCNC3)nn2)c1. The molecule has 2 N–H and O–H groups in total. The summed E-state index contributed by atoms with van der Waals surface area (Å²) in [5, 5.41) is 17.2. The van der Waals surface area contributed by atoms with Crippen LogP contribution < -0.4 is 10.6 Å². The summed E-state index contributed by atoms with van der Waals surface area (Å²) < 4.78 is 1.09. The molecule has 18 heavy (non-hydrogen) atoms. The van der Waals surface area contributed by atoms with Gasteiger partial charge in [0.05, 0.1) is 4.88 Å². The van der Waals surface area contributed by atoms with Gasteiger partial charge in [-0.1, -0.05) is 0 Å². The maximum absolute atomic E-state index is 4.26. The van der Waals surface area contributed by atoms with Gasteiger partial charge in [0.25, 0.3) is 0 Å². The number of hydrogen-bond acceptors (Lipinski definition) is 5. The van der Waals surface area contributed by atoms with E-state index in [2.05, 4.69) is 42.8 Å². The van der Waals surface area contributed by atoms with Crippen LogP contribution in [0.1, 0.15) is 6.42 Å². The third-order valence-electron chi connectivity index (χ3n) is 2.90. The molecule has 1 fully saturated rings. The lowest BCUT2D eigenvalue weighted by Crippen LogP contribution is -2.22. The van der Waals surface area contributed by atoms with Crippen molar-refractivity contribution in [2.45, 2.75) is 12.5 Å². The highest BCUT2D eigenvalue weighted by Gasteiger charge is 2.14. The van der Waals surface area contributed by atoms with Gasteiger partial charge < -0.3 is 10.6 Å². The number of anilines is 1. The standard InChI is InChI=1S/C12H13BrN4S/c13-8-5-11(18-7-8)10-1-2-12(17-16-10)15-9-3-4-14-6-9/h1-2,5,7,9,14H,3-4,6H2,(H,15,17). The Bertz CT molecular complexity index is 519. The van der Waals surface area contributed by atoms with Crippen molar-refractivity contribution in [2.24, 2.45) is 0 Å². The van der Waals surface area contributed by atoms with Crippen molar-refractivity contribution in [2.75, 3.05) is 18.4 Å². The Morgan fingerprint density at radius 3 is 2.94 bits per heavy atom. The van der Waals surface area contributed by atoms with Crippen molar-refractivity contribution in [3.8, 4) is 10.6 Å². The van der Waals surface area contributed by atoms with Crippen LogP contribution in [0.4, 0.5) is 5.82 Å². The van der Waals surface area contributed by atoms with E-state index in [4.69, 9.17) is 0 Å². The first-order valence-electron chi connectivity index (χ1n) is 5.87. The van der Waals surface area contributed by atoms with Crippen LogP contribution in [0.5, 0.6) is 0 Å². The molecule has 0 bridgehead atoms. The Kier molecular flexibility index (Phi) is 3.58. The summed E-state index contributed by atoms with van der Waals surface area (Å²) >= 11 is 5.11. The maximum atomic E-state index is 4.26. The fourth-order valence-electron chi connectivity index (χ4n) is 1.98. The van der Waals surface area contributed by atoms with Crippen molar-refractivity contribution in [3.05, 3.63) is 28.1 Å². The molecule has 4 nitrogen and oxygen atoms in total. The molecule has 1 unspecified atom stereocenters. The van der Waals surface area contributed by atoms with E-state index in [9.17, 15) is 0 Å². The molecular weight excluding hydrogens is 312 g/mol. The van der Waals surface area contributed by atoms with Crippen LogP contribution in [0.3, 0.4) is 0 Å². The fourth-order valence-corrected chi connectivity index (χ4v) is 3.37. The minimum absolute atomic E-state index is 0.473. The Hall–Kier alpha value is -0.980. The highest BCUT2D eigenvalue weighted by Crippen LogP contribution is 2.28. The van der Waals surface area contributed by atoms with Gasteiger partial charge in [-0.3, -0.25) is 0 Å². The molecular formula is C12H13BrN4S. The summed E-state index contributed by atoms with van der Waals surface area (Å²) in [5.41, 5.74) is 0.917. The van der Waals surface area contributed by atoms with Crippen molar-refractivity contribution in [1.82, 2.24) is 15.5 Å². The largest absolute Gasteiger partial charge is 0.365 e. The van der Waals surface area contributed by atoms with E-state index in [1.165, 1.54) is 0 Å². The third kappa shape index (κ3) is 2.71. The van der Waals surface area contributed by atoms with Crippen molar-refractivity contribution in [1.29, 1.82) is 0 Å². The van der Waals surface area contributed by atoms with Crippen LogP contribution in [0.2, 0.25) is 0 Å². The molecule has 3 rings (SSSR count). The minimum Gasteiger partial charge on any atom is -0.365 e. The molecule has 1 aliphatic heterocycles. The van der Waals surface area contributed by atoms with E-state index in [-0.39, 0.29) is 0 Å². The number of nitrogens with one attached hydrogen (secondary N) is 2. The maximum Gasteiger partial charge on any atom is 0.148 e. The summed E-state index contributed by atoms with van der Waals surface area (Å²) in [4.78, 5) is 1.13. The average molecular weight is 325 g/mol. The lowest BCUT2D eigenvalue weighted by atomic mass is 10.2. The fraction of sp³-hybridized carbons (Fsp3) is 0.333. The molecule has 6 heteroatoms. The molecule has 2 aromatic heterocycles. The monoisotopic (exact) mass is 324 g/mol. The van der Waals surface area contributed by atoms with Crippen molar-refractivity contribution in [3.63, 3.8) is 0 Å². The van der Waals surface area contributed by atoms with Gasteiger partial charge in [-0.05, 0) is 47.1 Å². The normalized spacial score (nSPS) is 19.1. The predicted molar refractivity (Wildman–Crippen MR) is 77.9 cm³/mol. The quantitative estimate of drug-likeness (QED) is 0.911. The summed E-state index contributed by atoms with van der Waals surface area (Å²) in [7, 11) is 0. The topological polar surface area (TPSA) is 49.8 Å². The van der Waals surface area contributed by atoms with Gasteiger partial charge in [-0.15, -0.1) is 21.5 Å². The first kappa shape index (κ1) is 12.1. The van der Waals surface area contributed by atoms with Gasteiger partial charge in [-0.25, -0.2) is 0 Å². The van der Waals surface area contributed by atoms with Gasteiger partial charge in [0, 0.05) is 22.4 Å². The molecule has 0 spiro atoms. The molecule has 94 valence electrons.